The van der Waals surface area contributed by atoms with Gasteiger partial charge in [0.15, 0.2) is 0 Å². The van der Waals surface area contributed by atoms with Gasteiger partial charge >= 0.3 is 0 Å². The lowest BCUT2D eigenvalue weighted by Gasteiger charge is -2.36. The highest BCUT2D eigenvalue weighted by molar-refractivity contribution is 5.77. The molecule has 1 N–H and O–H groups in total. The van der Waals surface area contributed by atoms with Gasteiger partial charge in [-0.15, -0.1) is 0 Å². The van der Waals surface area contributed by atoms with Crippen LogP contribution >= 0.6 is 0 Å². The average molecular weight is 213 g/mol. The van der Waals surface area contributed by atoms with E-state index in [2.05, 4.69) is 0 Å². The van der Waals surface area contributed by atoms with Crippen LogP contribution in [0.1, 0.15) is 25.7 Å². The molecule has 1 unspecified atom stereocenters. The molecule has 2 aliphatic rings. The molecule has 1 aliphatic carbocycles. The van der Waals surface area contributed by atoms with Gasteiger partial charge in [0.1, 0.15) is 0 Å². The second-order valence-electron chi connectivity index (χ2n) is 4.50. The zero-order chi connectivity index (χ0) is 10.7. The molecule has 0 aromatic carbocycles. The van der Waals surface area contributed by atoms with Crippen molar-refractivity contribution in [1.82, 2.24) is 4.90 Å². The topological polar surface area (TPSA) is 49.8 Å². The van der Waals surface area contributed by atoms with Gasteiger partial charge in [-0.1, -0.05) is 6.42 Å². The van der Waals surface area contributed by atoms with Gasteiger partial charge in [-0.05, 0) is 18.8 Å². The maximum atomic E-state index is 11.9. The quantitative estimate of drug-likeness (QED) is 0.738. The van der Waals surface area contributed by atoms with E-state index in [1.54, 1.807) is 4.90 Å². The maximum absolute atomic E-state index is 11.9. The van der Waals surface area contributed by atoms with Crippen molar-refractivity contribution in [1.29, 1.82) is 0 Å². The number of amides is 1. The van der Waals surface area contributed by atoms with Gasteiger partial charge in [-0.2, -0.15) is 0 Å². The Morgan fingerprint density at radius 1 is 1.47 bits per heavy atom. The summed E-state index contributed by atoms with van der Waals surface area (Å²) in [6, 6.07) is -0.119. The average Bonchev–Trinajstić information content (AvgIpc) is 2.23. The van der Waals surface area contributed by atoms with Crippen molar-refractivity contribution in [2.45, 2.75) is 31.7 Å². The van der Waals surface area contributed by atoms with Crippen LogP contribution in [0.15, 0.2) is 0 Å². The minimum Gasteiger partial charge on any atom is -0.394 e. The number of nitrogens with zero attached hydrogens (tertiary/aromatic N) is 1. The van der Waals surface area contributed by atoms with Crippen LogP contribution in [0, 0.1) is 5.92 Å². The van der Waals surface area contributed by atoms with Crippen LogP contribution in [-0.2, 0) is 9.53 Å². The van der Waals surface area contributed by atoms with Crippen LogP contribution in [0.3, 0.4) is 0 Å². The largest absolute Gasteiger partial charge is 0.394 e. The zero-order valence-electron chi connectivity index (χ0n) is 9.02. The molecule has 2 fully saturated rings. The van der Waals surface area contributed by atoms with Crippen LogP contribution in [0.2, 0.25) is 0 Å². The molecule has 15 heavy (non-hydrogen) atoms. The van der Waals surface area contributed by atoms with E-state index in [4.69, 9.17) is 9.84 Å². The smallest absolute Gasteiger partial charge is 0.223 e. The number of hydrogen-bond acceptors (Lipinski definition) is 3. The standard InChI is InChI=1S/C11H19NO3/c13-7-10-8-15-5-4-12(10)11(14)6-9-2-1-3-9/h9-10,13H,1-8H2. The number of carbonyl (C=O) groups is 1. The third-order valence-corrected chi connectivity index (χ3v) is 3.45. The van der Waals surface area contributed by atoms with Crippen LogP contribution in [-0.4, -0.2) is 48.3 Å². The molecule has 1 amide bonds. The predicted molar refractivity (Wildman–Crippen MR) is 55.4 cm³/mol. The molecule has 0 bridgehead atoms. The van der Waals surface area contributed by atoms with Crippen molar-refractivity contribution in [3.8, 4) is 0 Å². The molecule has 4 heteroatoms. The van der Waals surface area contributed by atoms with Gasteiger partial charge in [0, 0.05) is 13.0 Å². The summed E-state index contributed by atoms with van der Waals surface area (Å²) in [6.07, 6.45) is 4.32. The number of aliphatic hydroxyl groups excluding tert-OH is 1. The Labute approximate surface area is 90.2 Å². The highest BCUT2D eigenvalue weighted by atomic mass is 16.5. The lowest BCUT2D eigenvalue weighted by molar-refractivity contribution is -0.143. The molecular weight excluding hydrogens is 194 g/mol. The summed E-state index contributed by atoms with van der Waals surface area (Å²) in [5.74, 6) is 0.793. The SMILES string of the molecule is O=C(CC1CCC1)N1CCOCC1CO. The number of carbonyl (C=O) groups excluding carboxylic acids is 1. The van der Waals surface area contributed by atoms with E-state index in [0.29, 0.717) is 32.1 Å². The van der Waals surface area contributed by atoms with E-state index in [-0.39, 0.29) is 18.6 Å². The molecule has 1 saturated heterocycles. The fraction of sp³-hybridized carbons (Fsp3) is 0.909. The lowest BCUT2D eigenvalue weighted by atomic mass is 9.82. The fourth-order valence-corrected chi connectivity index (χ4v) is 2.20. The highest BCUT2D eigenvalue weighted by Gasteiger charge is 2.29. The first-order chi connectivity index (χ1) is 7.31. The Kier molecular flexibility index (Phi) is 3.59. The van der Waals surface area contributed by atoms with Crippen LogP contribution in [0.25, 0.3) is 0 Å². The Morgan fingerprint density at radius 3 is 2.87 bits per heavy atom. The molecular formula is C11H19NO3. The molecule has 0 spiro atoms. The summed E-state index contributed by atoms with van der Waals surface area (Å²) >= 11 is 0. The number of morpholine rings is 1. The van der Waals surface area contributed by atoms with Crippen molar-refractivity contribution in [3.05, 3.63) is 0 Å². The Hall–Kier alpha value is -0.610. The first-order valence-corrected chi connectivity index (χ1v) is 5.79. The summed E-state index contributed by atoms with van der Waals surface area (Å²) in [5.41, 5.74) is 0. The van der Waals surface area contributed by atoms with Gasteiger partial charge in [0.2, 0.25) is 5.91 Å². The van der Waals surface area contributed by atoms with Gasteiger partial charge in [0.05, 0.1) is 25.9 Å². The zero-order valence-corrected chi connectivity index (χ0v) is 9.02. The summed E-state index contributed by atoms with van der Waals surface area (Å²) in [7, 11) is 0. The molecule has 2 rings (SSSR count). The Balaban J connectivity index is 1.85. The second-order valence-corrected chi connectivity index (χ2v) is 4.50. The molecule has 1 heterocycles. The minimum absolute atomic E-state index is 0.0103. The predicted octanol–water partition coefficient (Wildman–Crippen LogP) is 0.396. The van der Waals surface area contributed by atoms with Gasteiger partial charge in [-0.25, -0.2) is 0 Å². The lowest BCUT2D eigenvalue weighted by Crippen LogP contribution is -2.51. The molecule has 86 valence electrons. The summed E-state index contributed by atoms with van der Waals surface area (Å²) in [4.78, 5) is 13.7. The van der Waals surface area contributed by atoms with Crippen molar-refractivity contribution >= 4 is 5.91 Å². The van der Waals surface area contributed by atoms with Gasteiger partial charge in [-0.3, -0.25) is 4.79 Å². The molecule has 1 saturated carbocycles. The molecule has 1 atom stereocenters. The summed E-state index contributed by atoms with van der Waals surface area (Å²) in [6.45, 7) is 1.73. The monoisotopic (exact) mass is 213 g/mol. The van der Waals surface area contributed by atoms with Crippen LogP contribution in [0.5, 0.6) is 0 Å². The van der Waals surface area contributed by atoms with E-state index in [1.165, 1.54) is 19.3 Å². The number of aliphatic hydroxyl groups is 1. The second kappa shape index (κ2) is 4.94. The number of ether oxygens (including phenoxy) is 1. The fourth-order valence-electron chi connectivity index (χ4n) is 2.20. The van der Waals surface area contributed by atoms with E-state index in [9.17, 15) is 4.79 Å². The Morgan fingerprint density at radius 2 is 2.27 bits per heavy atom. The van der Waals surface area contributed by atoms with Crippen LogP contribution in [0.4, 0.5) is 0 Å². The highest BCUT2D eigenvalue weighted by Crippen LogP contribution is 2.30. The maximum Gasteiger partial charge on any atom is 0.223 e. The van der Waals surface area contributed by atoms with Crippen LogP contribution < -0.4 is 0 Å². The van der Waals surface area contributed by atoms with Crippen molar-refractivity contribution in [2.75, 3.05) is 26.4 Å². The van der Waals surface area contributed by atoms with Gasteiger partial charge in [0.25, 0.3) is 0 Å². The molecule has 1 aliphatic heterocycles. The molecule has 0 aromatic heterocycles. The first kappa shape index (κ1) is 10.9. The third kappa shape index (κ3) is 2.49. The van der Waals surface area contributed by atoms with E-state index in [0.717, 1.165) is 0 Å². The first-order valence-electron chi connectivity index (χ1n) is 5.79. The summed E-state index contributed by atoms with van der Waals surface area (Å²) < 4.78 is 5.24. The third-order valence-electron chi connectivity index (χ3n) is 3.45. The normalized spacial score (nSPS) is 27.5. The molecule has 0 aromatic rings. The van der Waals surface area contributed by atoms with Crippen molar-refractivity contribution < 1.29 is 14.6 Å². The van der Waals surface area contributed by atoms with Crippen molar-refractivity contribution in [3.63, 3.8) is 0 Å². The summed E-state index contributed by atoms with van der Waals surface area (Å²) in [5, 5.41) is 9.14. The van der Waals surface area contributed by atoms with E-state index >= 15 is 0 Å². The van der Waals surface area contributed by atoms with Gasteiger partial charge < -0.3 is 14.7 Å². The van der Waals surface area contributed by atoms with E-state index in [1.807, 2.05) is 0 Å². The van der Waals surface area contributed by atoms with E-state index < -0.39 is 0 Å². The Bertz CT molecular complexity index is 228. The molecule has 0 radical (unpaired) electrons. The minimum atomic E-state index is -0.119. The number of rotatable bonds is 3. The van der Waals surface area contributed by atoms with Crippen molar-refractivity contribution in [2.24, 2.45) is 5.92 Å². The molecule has 4 nitrogen and oxygen atoms in total. The number of hydrogen-bond donors (Lipinski definition) is 1.